The number of nitrogens with zero attached hydrogens (tertiary/aromatic N) is 2. The molecule has 0 saturated heterocycles. The zero-order valence-corrected chi connectivity index (χ0v) is 15.1. The third kappa shape index (κ3) is 4.19. The molecule has 4 N–H and O–H groups in total. The van der Waals surface area contributed by atoms with Crippen LogP contribution in [0.3, 0.4) is 0 Å². The first kappa shape index (κ1) is 17.0. The first-order valence-electron chi connectivity index (χ1n) is 7.94. The van der Waals surface area contributed by atoms with Gasteiger partial charge in [-0.05, 0) is 36.1 Å². The fourth-order valence-corrected chi connectivity index (χ4v) is 3.27. The third-order valence-electron chi connectivity index (χ3n) is 3.83. The van der Waals surface area contributed by atoms with Crippen LogP contribution in [0.2, 0.25) is 0 Å². The fourth-order valence-electron chi connectivity index (χ4n) is 2.57. The summed E-state index contributed by atoms with van der Waals surface area (Å²) in [5, 5.41) is 7.29. The SMILES string of the molecule is COc1cc(C)c2[nH]cc(/C=N/NC(N)=NCCc3cccs3)c2c1. The van der Waals surface area contributed by atoms with Crippen molar-refractivity contribution in [3.63, 3.8) is 0 Å². The van der Waals surface area contributed by atoms with Crippen LogP contribution in [0.4, 0.5) is 0 Å². The van der Waals surface area contributed by atoms with Gasteiger partial charge in [-0.25, -0.2) is 5.43 Å². The van der Waals surface area contributed by atoms with E-state index in [0.717, 1.165) is 34.2 Å². The van der Waals surface area contributed by atoms with E-state index in [4.69, 9.17) is 10.5 Å². The van der Waals surface area contributed by atoms with Crippen LogP contribution >= 0.6 is 11.3 Å². The molecule has 3 aromatic rings. The van der Waals surface area contributed by atoms with Crippen LogP contribution in [0.5, 0.6) is 5.75 Å². The maximum atomic E-state index is 5.84. The summed E-state index contributed by atoms with van der Waals surface area (Å²) in [5.41, 5.74) is 11.7. The third-order valence-corrected chi connectivity index (χ3v) is 4.77. The molecule has 0 saturated carbocycles. The topological polar surface area (TPSA) is 87.8 Å². The van der Waals surface area contributed by atoms with Crippen molar-refractivity contribution >= 4 is 34.4 Å². The van der Waals surface area contributed by atoms with Crippen molar-refractivity contribution in [2.75, 3.05) is 13.7 Å². The van der Waals surface area contributed by atoms with Crippen molar-refractivity contribution in [1.82, 2.24) is 10.4 Å². The van der Waals surface area contributed by atoms with E-state index < -0.39 is 0 Å². The molecule has 0 bridgehead atoms. The Morgan fingerprint density at radius 2 is 2.32 bits per heavy atom. The average Bonchev–Trinajstić information content (AvgIpc) is 3.25. The van der Waals surface area contributed by atoms with Crippen molar-refractivity contribution in [2.24, 2.45) is 15.8 Å². The highest BCUT2D eigenvalue weighted by atomic mass is 32.1. The Labute approximate surface area is 150 Å². The van der Waals surface area contributed by atoms with Gasteiger partial charge in [-0.3, -0.25) is 4.99 Å². The zero-order valence-electron chi connectivity index (χ0n) is 14.2. The standard InChI is InChI=1S/C18H21N5OS/c1-12-8-14(24-2)9-16-13(10-21-17(12)16)11-22-23-18(19)20-6-5-15-4-3-7-25-15/h3-4,7-11,21H,5-6H2,1-2H3,(H3,19,20,23)/b22-11+. The molecule has 0 fully saturated rings. The normalized spacial score (nSPS) is 12.2. The smallest absolute Gasteiger partial charge is 0.209 e. The summed E-state index contributed by atoms with van der Waals surface area (Å²) in [6.45, 7) is 2.68. The molecule has 130 valence electrons. The quantitative estimate of drug-likeness (QED) is 0.361. The molecule has 0 spiro atoms. The van der Waals surface area contributed by atoms with E-state index in [0.29, 0.717) is 12.5 Å². The van der Waals surface area contributed by atoms with Gasteiger partial charge in [-0.15, -0.1) is 11.3 Å². The highest BCUT2D eigenvalue weighted by Gasteiger charge is 2.06. The largest absolute Gasteiger partial charge is 0.497 e. The zero-order chi connectivity index (χ0) is 17.6. The minimum Gasteiger partial charge on any atom is -0.497 e. The Kier molecular flexibility index (Phi) is 5.35. The van der Waals surface area contributed by atoms with Gasteiger partial charge in [0, 0.05) is 40.5 Å². The molecule has 0 unspecified atom stereocenters. The summed E-state index contributed by atoms with van der Waals surface area (Å²) in [7, 11) is 1.66. The minimum absolute atomic E-state index is 0.307. The highest BCUT2D eigenvalue weighted by Crippen LogP contribution is 2.26. The maximum Gasteiger partial charge on any atom is 0.209 e. The summed E-state index contributed by atoms with van der Waals surface area (Å²) < 4.78 is 5.33. The molecule has 1 aromatic carbocycles. The number of H-pyrrole nitrogens is 1. The van der Waals surface area contributed by atoms with Crippen LogP contribution in [0.1, 0.15) is 16.0 Å². The number of fused-ring (bicyclic) bond motifs is 1. The van der Waals surface area contributed by atoms with Crippen LogP contribution < -0.4 is 15.9 Å². The number of rotatable bonds is 6. The predicted molar refractivity (Wildman–Crippen MR) is 105 cm³/mol. The molecule has 7 heteroatoms. The molecule has 6 nitrogen and oxygen atoms in total. The van der Waals surface area contributed by atoms with E-state index in [9.17, 15) is 0 Å². The van der Waals surface area contributed by atoms with Crippen LogP contribution in [-0.4, -0.2) is 30.8 Å². The van der Waals surface area contributed by atoms with E-state index in [-0.39, 0.29) is 0 Å². The number of ether oxygens (including phenoxy) is 1. The molecule has 0 aliphatic rings. The van der Waals surface area contributed by atoms with E-state index in [1.165, 1.54) is 4.88 Å². The minimum atomic E-state index is 0.307. The van der Waals surface area contributed by atoms with E-state index in [2.05, 4.69) is 32.0 Å². The molecular weight excluding hydrogens is 334 g/mol. The van der Waals surface area contributed by atoms with Crippen molar-refractivity contribution in [3.05, 3.63) is 51.8 Å². The molecule has 0 aliphatic heterocycles. The molecule has 0 atom stereocenters. The van der Waals surface area contributed by atoms with Gasteiger partial charge in [-0.2, -0.15) is 5.10 Å². The fraction of sp³-hybridized carbons (Fsp3) is 0.222. The molecule has 0 amide bonds. The van der Waals surface area contributed by atoms with E-state index in [1.54, 1.807) is 24.7 Å². The van der Waals surface area contributed by atoms with Gasteiger partial charge >= 0.3 is 0 Å². The Balaban J connectivity index is 1.63. The highest BCUT2D eigenvalue weighted by molar-refractivity contribution is 7.09. The van der Waals surface area contributed by atoms with Gasteiger partial charge in [0.2, 0.25) is 5.96 Å². The summed E-state index contributed by atoms with van der Waals surface area (Å²) in [5.74, 6) is 1.13. The lowest BCUT2D eigenvalue weighted by atomic mass is 10.1. The average molecular weight is 355 g/mol. The maximum absolute atomic E-state index is 5.84. The molecule has 2 heterocycles. The molecule has 0 aliphatic carbocycles. The van der Waals surface area contributed by atoms with Gasteiger partial charge in [0.05, 0.1) is 13.3 Å². The molecule has 0 radical (unpaired) electrons. The summed E-state index contributed by atoms with van der Waals surface area (Å²) in [6.07, 6.45) is 4.51. The lowest BCUT2D eigenvalue weighted by molar-refractivity contribution is 0.415. The number of hydrogen-bond acceptors (Lipinski definition) is 4. The number of aromatic amines is 1. The number of aryl methyl sites for hydroxylation is 1. The van der Waals surface area contributed by atoms with Gasteiger partial charge in [-0.1, -0.05) is 6.07 Å². The van der Waals surface area contributed by atoms with E-state index in [1.807, 2.05) is 31.3 Å². The Bertz CT molecular complexity index is 896. The van der Waals surface area contributed by atoms with Crippen molar-refractivity contribution in [1.29, 1.82) is 0 Å². The second-order valence-corrected chi connectivity index (χ2v) is 6.61. The van der Waals surface area contributed by atoms with Crippen molar-refractivity contribution in [3.8, 4) is 5.75 Å². The molecular formula is C18H21N5OS. The summed E-state index contributed by atoms with van der Waals surface area (Å²) in [6, 6.07) is 8.11. The first-order valence-corrected chi connectivity index (χ1v) is 8.82. The number of nitrogens with one attached hydrogen (secondary N) is 2. The number of methoxy groups -OCH3 is 1. The second-order valence-electron chi connectivity index (χ2n) is 5.58. The van der Waals surface area contributed by atoms with Crippen LogP contribution in [0.25, 0.3) is 10.9 Å². The van der Waals surface area contributed by atoms with E-state index >= 15 is 0 Å². The number of hydrogen-bond donors (Lipinski definition) is 3. The summed E-state index contributed by atoms with van der Waals surface area (Å²) >= 11 is 1.72. The summed E-state index contributed by atoms with van der Waals surface area (Å²) in [4.78, 5) is 8.83. The molecule has 25 heavy (non-hydrogen) atoms. The first-order chi connectivity index (χ1) is 12.2. The van der Waals surface area contributed by atoms with Crippen molar-refractivity contribution < 1.29 is 4.74 Å². The van der Waals surface area contributed by atoms with Gasteiger partial charge in [0.15, 0.2) is 0 Å². The van der Waals surface area contributed by atoms with Crippen LogP contribution in [0.15, 0.2) is 45.9 Å². The predicted octanol–water partition coefficient (Wildman–Crippen LogP) is 3.03. The second kappa shape index (κ2) is 7.85. The lowest BCUT2D eigenvalue weighted by Gasteiger charge is -2.03. The number of thiophene rings is 1. The number of guanidine groups is 1. The Morgan fingerprint density at radius 1 is 1.44 bits per heavy atom. The number of benzene rings is 1. The number of nitrogens with two attached hydrogens (primary N) is 1. The van der Waals surface area contributed by atoms with Crippen LogP contribution in [0, 0.1) is 6.92 Å². The van der Waals surface area contributed by atoms with Gasteiger partial charge < -0.3 is 15.5 Å². The lowest BCUT2D eigenvalue weighted by Crippen LogP contribution is -2.27. The molecule has 2 aromatic heterocycles. The Morgan fingerprint density at radius 3 is 3.08 bits per heavy atom. The number of hydrazone groups is 1. The van der Waals surface area contributed by atoms with Crippen LogP contribution in [-0.2, 0) is 6.42 Å². The number of aliphatic imine (C=N–C) groups is 1. The Hall–Kier alpha value is -2.80. The van der Waals surface area contributed by atoms with Gasteiger partial charge in [0.25, 0.3) is 0 Å². The van der Waals surface area contributed by atoms with Crippen molar-refractivity contribution in [2.45, 2.75) is 13.3 Å². The monoisotopic (exact) mass is 355 g/mol. The number of aromatic nitrogens is 1. The molecule has 3 rings (SSSR count). The van der Waals surface area contributed by atoms with Gasteiger partial charge in [0.1, 0.15) is 5.75 Å².